The minimum Gasteiger partial charge on any atom is -0.393 e. The van der Waals surface area contributed by atoms with E-state index in [-0.39, 0.29) is 11.5 Å². The molecule has 0 aromatic heterocycles. The molecule has 2 rings (SSSR count). The maximum Gasteiger partial charge on any atom is 0.0585 e. The van der Waals surface area contributed by atoms with Crippen LogP contribution in [0.1, 0.15) is 94.9 Å². The van der Waals surface area contributed by atoms with Gasteiger partial charge in [-0.3, -0.25) is 0 Å². The fourth-order valence-corrected chi connectivity index (χ4v) is 5.97. The summed E-state index contributed by atoms with van der Waals surface area (Å²) in [6.45, 7) is 22.2. The van der Waals surface area contributed by atoms with Gasteiger partial charge in [-0.25, -0.2) is 0 Å². The van der Waals surface area contributed by atoms with Crippen molar-refractivity contribution in [3.63, 3.8) is 0 Å². The first-order valence-corrected chi connectivity index (χ1v) is 15.3. The zero-order valence-electron chi connectivity index (χ0n) is 27.6. The van der Waals surface area contributed by atoms with Crippen LogP contribution in [-0.4, -0.2) is 11.2 Å². The smallest absolute Gasteiger partial charge is 0.0585 e. The molecule has 0 saturated heterocycles. The number of hydrogen-bond donors (Lipinski definition) is 1. The Bertz CT molecular complexity index is 1240. The molecule has 0 fully saturated rings. The summed E-state index contributed by atoms with van der Waals surface area (Å²) in [5, 5.41) is 10.1. The van der Waals surface area contributed by atoms with E-state index in [1.165, 1.54) is 51.9 Å². The Morgan fingerprint density at radius 1 is 0.756 bits per heavy atom. The van der Waals surface area contributed by atoms with E-state index in [1.54, 1.807) is 0 Å². The summed E-state index contributed by atoms with van der Waals surface area (Å²) >= 11 is 0. The summed E-state index contributed by atoms with van der Waals surface area (Å²) in [4.78, 5) is 0. The largest absolute Gasteiger partial charge is 0.393 e. The van der Waals surface area contributed by atoms with Gasteiger partial charge >= 0.3 is 0 Å². The predicted molar refractivity (Wildman–Crippen MR) is 183 cm³/mol. The van der Waals surface area contributed by atoms with E-state index in [0.717, 1.165) is 12.8 Å². The first kappa shape index (κ1) is 34.3. The van der Waals surface area contributed by atoms with Crippen molar-refractivity contribution in [3.8, 4) is 0 Å². The molecule has 2 aliphatic carbocycles. The van der Waals surface area contributed by atoms with Crippen molar-refractivity contribution in [1.82, 2.24) is 0 Å². The van der Waals surface area contributed by atoms with Crippen LogP contribution in [0.2, 0.25) is 0 Å². The topological polar surface area (TPSA) is 20.2 Å². The monoisotopic (exact) mass is 552 g/mol. The van der Waals surface area contributed by atoms with Crippen LogP contribution in [-0.2, 0) is 0 Å². The SMILES string of the molecule is CC(C=CC=C(C)C=CC1=C(C)C[C@@H](O)CC1(C)C)=CC=CC=C(C)C=CC=C(C)C=C[C@H]1C(C)=CCCC1(C)C. The second kappa shape index (κ2) is 15.9. The second-order valence-corrected chi connectivity index (χ2v) is 13.5. The van der Waals surface area contributed by atoms with Crippen LogP contribution in [0.5, 0.6) is 0 Å². The molecule has 1 heteroatoms. The average Bonchev–Trinajstić information content (AvgIpc) is 2.84. The van der Waals surface area contributed by atoms with Crippen molar-refractivity contribution >= 4 is 0 Å². The summed E-state index contributed by atoms with van der Waals surface area (Å²) in [5.41, 5.74) is 9.40. The zero-order chi connectivity index (χ0) is 30.6. The molecule has 41 heavy (non-hydrogen) atoms. The lowest BCUT2D eigenvalue weighted by Gasteiger charge is -2.36. The van der Waals surface area contributed by atoms with Gasteiger partial charge in [0.15, 0.2) is 0 Å². The first-order valence-electron chi connectivity index (χ1n) is 15.3. The normalized spacial score (nSPS) is 25.1. The van der Waals surface area contributed by atoms with Gasteiger partial charge in [0.1, 0.15) is 0 Å². The summed E-state index contributed by atoms with van der Waals surface area (Å²) in [5.74, 6) is 0.524. The highest BCUT2D eigenvalue weighted by atomic mass is 16.3. The molecule has 0 spiro atoms. The molecule has 0 amide bonds. The molecule has 0 aromatic rings. The molecular weight excluding hydrogens is 496 g/mol. The Hall–Kier alpha value is -2.90. The first-order chi connectivity index (χ1) is 19.2. The van der Waals surface area contributed by atoms with E-state index < -0.39 is 0 Å². The van der Waals surface area contributed by atoms with Gasteiger partial charge in [0.2, 0.25) is 0 Å². The third kappa shape index (κ3) is 11.9. The molecule has 0 bridgehead atoms. The molecule has 1 nitrogen and oxygen atoms in total. The standard InChI is InChI=1S/C40H56O/c1-30(18-13-20-32(3)23-25-37-34(5)22-15-27-39(37,7)8)16-11-12-17-31(2)19-14-21-33(4)24-26-38-35(6)28-36(41)29-40(38,9)10/h11-14,16-26,36-37,41H,15,27-29H2,1-10H3/t36-,37+/m1/s1. The summed E-state index contributed by atoms with van der Waals surface area (Å²) in [6.07, 6.45) is 36.6. The molecule has 0 aromatic carbocycles. The summed E-state index contributed by atoms with van der Waals surface area (Å²) < 4.78 is 0. The maximum absolute atomic E-state index is 10.1. The molecule has 2 aliphatic rings. The van der Waals surface area contributed by atoms with Crippen molar-refractivity contribution in [2.75, 3.05) is 0 Å². The second-order valence-electron chi connectivity index (χ2n) is 13.5. The fourth-order valence-electron chi connectivity index (χ4n) is 5.97. The van der Waals surface area contributed by atoms with Crippen LogP contribution in [0, 0.1) is 16.7 Å². The van der Waals surface area contributed by atoms with Gasteiger partial charge in [-0.05, 0) is 83.6 Å². The molecule has 222 valence electrons. The van der Waals surface area contributed by atoms with Crippen LogP contribution in [0.15, 0.2) is 130 Å². The van der Waals surface area contributed by atoms with Crippen molar-refractivity contribution in [1.29, 1.82) is 0 Å². The van der Waals surface area contributed by atoms with Gasteiger partial charge in [-0.15, -0.1) is 0 Å². The van der Waals surface area contributed by atoms with Gasteiger partial charge < -0.3 is 5.11 Å². The highest BCUT2D eigenvalue weighted by Gasteiger charge is 2.31. The van der Waals surface area contributed by atoms with Crippen LogP contribution in [0.25, 0.3) is 0 Å². The molecule has 1 N–H and O–H groups in total. The van der Waals surface area contributed by atoms with Crippen LogP contribution in [0.4, 0.5) is 0 Å². The zero-order valence-corrected chi connectivity index (χ0v) is 27.6. The average molecular weight is 553 g/mol. The number of rotatable bonds is 10. The van der Waals surface area contributed by atoms with Crippen LogP contribution >= 0.6 is 0 Å². The lowest BCUT2D eigenvalue weighted by molar-refractivity contribution is 0.116. The van der Waals surface area contributed by atoms with E-state index in [1.807, 2.05) is 0 Å². The number of allylic oxidation sites excluding steroid dienone is 21. The Balaban J connectivity index is 1.89. The van der Waals surface area contributed by atoms with Crippen molar-refractivity contribution in [3.05, 3.63) is 130 Å². The van der Waals surface area contributed by atoms with Gasteiger partial charge in [-0.1, -0.05) is 152 Å². The number of hydrogen-bond acceptors (Lipinski definition) is 1. The third-order valence-corrected chi connectivity index (χ3v) is 8.39. The summed E-state index contributed by atoms with van der Waals surface area (Å²) in [7, 11) is 0. The van der Waals surface area contributed by atoms with E-state index in [2.05, 4.69) is 160 Å². The molecule has 0 saturated carbocycles. The number of aliphatic hydroxyl groups is 1. The minimum atomic E-state index is -0.221. The van der Waals surface area contributed by atoms with Crippen molar-refractivity contribution < 1.29 is 5.11 Å². The minimum absolute atomic E-state index is 0.0126. The highest BCUT2D eigenvalue weighted by molar-refractivity contribution is 5.38. The Labute approximate surface area is 252 Å². The van der Waals surface area contributed by atoms with Gasteiger partial charge in [0.25, 0.3) is 0 Å². The lowest BCUT2D eigenvalue weighted by atomic mass is 9.68. The highest BCUT2D eigenvalue weighted by Crippen LogP contribution is 2.42. The van der Waals surface area contributed by atoms with E-state index >= 15 is 0 Å². The Morgan fingerprint density at radius 3 is 1.80 bits per heavy atom. The van der Waals surface area contributed by atoms with E-state index in [9.17, 15) is 5.11 Å². The van der Waals surface area contributed by atoms with Gasteiger partial charge in [0.05, 0.1) is 6.10 Å². The van der Waals surface area contributed by atoms with Crippen molar-refractivity contribution in [2.24, 2.45) is 16.7 Å². The van der Waals surface area contributed by atoms with Gasteiger partial charge in [0, 0.05) is 5.92 Å². The van der Waals surface area contributed by atoms with E-state index in [0.29, 0.717) is 11.3 Å². The maximum atomic E-state index is 10.1. The molecule has 0 unspecified atom stereocenters. The Kier molecular flexibility index (Phi) is 13.3. The predicted octanol–water partition coefficient (Wildman–Crippen LogP) is 11.4. The van der Waals surface area contributed by atoms with Crippen LogP contribution in [0.3, 0.4) is 0 Å². The molecular formula is C40H56O. The van der Waals surface area contributed by atoms with Crippen LogP contribution < -0.4 is 0 Å². The van der Waals surface area contributed by atoms with Gasteiger partial charge in [-0.2, -0.15) is 0 Å². The molecule has 2 atom stereocenters. The molecule has 0 aliphatic heterocycles. The fraction of sp³-hybridized carbons (Fsp3) is 0.450. The Morgan fingerprint density at radius 2 is 1.27 bits per heavy atom. The molecule has 0 heterocycles. The molecule has 0 radical (unpaired) electrons. The summed E-state index contributed by atoms with van der Waals surface area (Å²) in [6, 6.07) is 0. The van der Waals surface area contributed by atoms with Crippen molar-refractivity contribution in [2.45, 2.75) is 101 Å². The third-order valence-electron chi connectivity index (χ3n) is 8.39. The lowest BCUT2D eigenvalue weighted by Crippen LogP contribution is -2.28. The quantitative estimate of drug-likeness (QED) is 0.211. The number of aliphatic hydroxyl groups excluding tert-OH is 1. The van der Waals surface area contributed by atoms with E-state index in [4.69, 9.17) is 0 Å².